The van der Waals surface area contributed by atoms with E-state index in [0.717, 1.165) is 5.56 Å². The van der Waals surface area contributed by atoms with Gasteiger partial charge in [-0.15, -0.1) is 0 Å². The molecular formula is C16H22N2O3S. The molecule has 1 N–H and O–H groups in total. The smallest absolute Gasteiger partial charge is 0.263 e. The molecule has 120 valence electrons. The summed E-state index contributed by atoms with van der Waals surface area (Å²) in [5.74, 6) is 0.826. The van der Waals surface area contributed by atoms with Gasteiger partial charge in [0.25, 0.3) is 10.0 Å². The number of anilines is 1. The molecule has 0 radical (unpaired) electrons. The predicted octanol–water partition coefficient (Wildman–Crippen LogP) is 3.70. The molecule has 0 bridgehead atoms. The molecule has 0 atom stereocenters. The Hall–Kier alpha value is -1.82. The summed E-state index contributed by atoms with van der Waals surface area (Å²) in [6.07, 6.45) is 0. The van der Waals surface area contributed by atoms with Crippen LogP contribution in [0.4, 0.5) is 5.82 Å². The average molecular weight is 322 g/mol. The first-order valence-electron chi connectivity index (χ1n) is 7.08. The molecule has 0 aliphatic heterocycles. The van der Waals surface area contributed by atoms with Gasteiger partial charge < -0.3 is 4.52 Å². The van der Waals surface area contributed by atoms with E-state index in [9.17, 15) is 8.42 Å². The van der Waals surface area contributed by atoms with Crippen molar-refractivity contribution < 1.29 is 12.9 Å². The predicted molar refractivity (Wildman–Crippen MR) is 86.7 cm³/mol. The fourth-order valence-electron chi connectivity index (χ4n) is 2.46. The van der Waals surface area contributed by atoms with Gasteiger partial charge in [0.1, 0.15) is 5.76 Å². The van der Waals surface area contributed by atoms with Crippen molar-refractivity contribution >= 4 is 15.8 Å². The van der Waals surface area contributed by atoms with Crippen LogP contribution in [0.2, 0.25) is 0 Å². The highest BCUT2D eigenvalue weighted by molar-refractivity contribution is 7.92. The largest absolute Gasteiger partial charge is 0.359 e. The van der Waals surface area contributed by atoms with Crippen molar-refractivity contribution in [3.05, 3.63) is 40.6 Å². The second-order valence-corrected chi connectivity index (χ2v) is 8.28. The number of hydrogen-bond donors (Lipinski definition) is 1. The minimum atomic E-state index is -3.70. The summed E-state index contributed by atoms with van der Waals surface area (Å²) in [5.41, 5.74) is 2.23. The molecule has 22 heavy (non-hydrogen) atoms. The van der Waals surface area contributed by atoms with Gasteiger partial charge in [-0.3, -0.25) is 4.72 Å². The highest BCUT2D eigenvalue weighted by atomic mass is 32.2. The Morgan fingerprint density at radius 3 is 2.05 bits per heavy atom. The number of rotatable bonds is 3. The number of nitrogens with zero attached hydrogens (tertiary/aromatic N) is 1. The van der Waals surface area contributed by atoms with Gasteiger partial charge in [-0.05, 0) is 31.9 Å². The van der Waals surface area contributed by atoms with E-state index in [2.05, 4.69) is 9.88 Å². The van der Waals surface area contributed by atoms with Crippen LogP contribution in [0.5, 0.6) is 0 Å². The van der Waals surface area contributed by atoms with Crippen LogP contribution in [0.15, 0.2) is 27.6 Å². The maximum absolute atomic E-state index is 12.6. The Morgan fingerprint density at radius 1 is 1.05 bits per heavy atom. The Bertz CT molecular complexity index is 776. The van der Waals surface area contributed by atoms with Crippen molar-refractivity contribution in [2.75, 3.05) is 4.72 Å². The van der Waals surface area contributed by atoms with Crippen LogP contribution in [0.25, 0.3) is 0 Å². The molecule has 1 aromatic carbocycles. The molecule has 0 amide bonds. The van der Waals surface area contributed by atoms with Gasteiger partial charge in [-0.1, -0.05) is 43.6 Å². The van der Waals surface area contributed by atoms with E-state index in [-0.39, 0.29) is 11.2 Å². The zero-order valence-corrected chi connectivity index (χ0v) is 14.6. The molecule has 2 aromatic rings. The molecule has 0 unspecified atom stereocenters. The van der Waals surface area contributed by atoms with Gasteiger partial charge in [-0.25, -0.2) is 8.42 Å². The van der Waals surface area contributed by atoms with Gasteiger partial charge in [-0.2, -0.15) is 0 Å². The monoisotopic (exact) mass is 322 g/mol. The third-order valence-corrected chi connectivity index (χ3v) is 5.02. The molecule has 0 saturated carbocycles. The fraction of sp³-hybridized carbons (Fsp3) is 0.438. The Labute approximate surface area is 131 Å². The van der Waals surface area contributed by atoms with Crippen LogP contribution in [0, 0.1) is 20.8 Å². The molecule has 5 nitrogen and oxygen atoms in total. The van der Waals surface area contributed by atoms with Gasteiger partial charge in [0, 0.05) is 11.5 Å². The number of aromatic nitrogens is 1. The molecule has 1 aromatic heterocycles. The fourth-order valence-corrected chi connectivity index (χ4v) is 3.90. The maximum atomic E-state index is 12.6. The highest BCUT2D eigenvalue weighted by Gasteiger charge is 2.24. The van der Waals surface area contributed by atoms with E-state index in [1.807, 2.05) is 39.8 Å². The third kappa shape index (κ3) is 3.32. The first-order valence-corrected chi connectivity index (χ1v) is 8.57. The molecule has 0 aliphatic carbocycles. The van der Waals surface area contributed by atoms with Crippen LogP contribution in [-0.4, -0.2) is 13.6 Å². The Morgan fingerprint density at radius 2 is 1.59 bits per heavy atom. The highest BCUT2D eigenvalue weighted by Crippen LogP contribution is 2.27. The number of nitrogens with one attached hydrogen (secondary N) is 1. The quantitative estimate of drug-likeness (QED) is 0.935. The van der Waals surface area contributed by atoms with Crippen molar-refractivity contribution in [1.29, 1.82) is 0 Å². The summed E-state index contributed by atoms with van der Waals surface area (Å²) < 4.78 is 33.0. The molecular weight excluding hydrogens is 300 g/mol. The van der Waals surface area contributed by atoms with Crippen molar-refractivity contribution in [2.45, 2.75) is 51.9 Å². The van der Waals surface area contributed by atoms with Crippen molar-refractivity contribution in [3.8, 4) is 0 Å². The first-order chi connectivity index (χ1) is 10.0. The first kappa shape index (κ1) is 16.5. The number of aryl methyl sites for hydroxylation is 3. The number of benzene rings is 1. The maximum Gasteiger partial charge on any atom is 0.263 e. The number of sulfonamides is 1. The third-order valence-electron chi connectivity index (χ3n) is 3.36. The van der Waals surface area contributed by atoms with E-state index in [1.54, 1.807) is 19.9 Å². The van der Waals surface area contributed by atoms with Crippen LogP contribution in [0.3, 0.4) is 0 Å². The van der Waals surface area contributed by atoms with Gasteiger partial charge in [0.15, 0.2) is 5.82 Å². The van der Waals surface area contributed by atoms with E-state index in [1.165, 1.54) is 0 Å². The SMILES string of the molecule is Cc1cc(C)c(S(=O)(=O)Nc2cc(C(C)(C)C)on2)c(C)c1. The summed E-state index contributed by atoms with van der Waals surface area (Å²) in [4.78, 5) is 0.290. The lowest BCUT2D eigenvalue weighted by molar-refractivity contribution is 0.331. The summed E-state index contributed by atoms with van der Waals surface area (Å²) in [6, 6.07) is 5.33. The summed E-state index contributed by atoms with van der Waals surface area (Å²) >= 11 is 0. The van der Waals surface area contributed by atoms with E-state index in [4.69, 9.17) is 4.52 Å². The minimum Gasteiger partial charge on any atom is -0.359 e. The molecule has 0 saturated heterocycles. The van der Waals surface area contributed by atoms with Crippen LogP contribution < -0.4 is 4.72 Å². The van der Waals surface area contributed by atoms with Crippen LogP contribution >= 0.6 is 0 Å². The second-order valence-electron chi connectivity index (χ2n) is 6.66. The van der Waals surface area contributed by atoms with Gasteiger partial charge in [0.05, 0.1) is 4.90 Å². The van der Waals surface area contributed by atoms with E-state index < -0.39 is 10.0 Å². The molecule has 0 aliphatic rings. The Balaban J connectivity index is 2.39. The standard InChI is InChI=1S/C16H22N2O3S/c1-10-7-11(2)15(12(3)8-10)22(19,20)18-14-9-13(21-17-14)16(4,5)6/h7-9H,1-6H3,(H,17,18). The van der Waals surface area contributed by atoms with Crippen LogP contribution in [-0.2, 0) is 15.4 Å². The average Bonchev–Trinajstić information content (AvgIpc) is 2.73. The minimum absolute atomic E-state index is 0.198. The van der Waals surface area contributed by atoms with E-state index >= 15 is 0 Å². The van der Waals surface area contributed by atoms with Crippen molar-refractivity contribution in [2.24, 2.45) is 0 Å². The summed E-state index contributed by atoms with van der Waals surface area (Å²) in [7, 11) is -3.70. The summed E-state index contributed by atoms with van der Waals surface area (Å²) in [6.45, 7) is 11.4. The molecule has 6 heteroatoms. The van der Waals surface area contributed by atoms with Crippen LogP contribution in [0.1, 0.15) is 43.2 Å². The topological polar surface area (TPSA) is 72.2 Å². The molecule has 1 heterocycles. The Kier molecular flexibility index (Phi) is 4.08. The lowest BCUT2D eigenvalue weighted by Gasteiger charge is -2.13. The second kappa shape index (κ2) is 5.43. The lowest BCUT2D eigenvalue weighted by Crippen LogP contribution is -2.16. The van der Waals surface area contributed by atoms with Gasteiger partial charge >= 0.3 is 0 Å². The normalized spacial score (nSPS) is 12.5. The van der Waals surface area contributed by atoms with Crippen molar-refractivity contribution in [1.82, 2.24) is 5.16 Å². The van der Waals surface area contributed by atoms with E-state index in [0.29, 0.717) is 21.8 Å². The molecule has 0 spiro atoms. The van der Waals surface area contributed by atoms with Crippen molar-refractivity contribution in [3.63, 3.8) is 0 Å². The molecule has 0 fully saturated rings. The summed E-state index contributed by atoms with van der Waals surface area (Å²) in [5, 5.41) is 3.80. The zero-order valence-electron chi connectivity index (χ0n) is 13.8. The van der Waals surface area contributed by atoms with Gasteiger partial charge in [0.2, 0.25) is 0 Å². The lowest BCUT2D eigenvalue weighted by atomic mass is 9.93. The zero-order chi connectivity index (χ0) is 16.7. The molecule has 2 rings (SSSR count). The number of hydrogen-bond acceptors (Lipinski definition) is 4.